The first-order valence-corrected chi connectivity index (χ1v) is 7.40. The van der Waals surface area contributed by atoms with E-state index in [1.54, 1.807) is 0 Å². The highest BCUT2D eigenvalue weighted by molar-refractivity contribution is 5.76. The lowest BCUT2D eigenvalue weighted by Gasteiger charge is -2.22. The maximum atomic E-state index is 12.0. The third-order valence-corrected chi connectivity index (χ3v) is 4.01. The molecule has 0 aliphatic carbocycles. The van der Waals surface area contributed by atoms with Gasteiger partial charge in [-0.1, -0.05) is 30.3 Å². The van der Waals surface area contributed by atoms with Crippen molar-refractivity contribution in [1.82, 2.24) is 10.2 Å². The largest absolute Gasteiger partial charge is 0.395 e. The predicted molar refractivity (Wildman–Crippen MR) is 79.3 cm³/mol. The first kappa shape index (κ1) is 15.0. The number of aliphatic hydroxyl groups excluding tert-OH is 1. The summed E-state index contributed by atoms with van der Waals surface area (Å²) in [6, 6.07) is 10.3. The van der Waals surface area contributed by atoms with Gasteiger partial charge in [0.05, 0.1) is 12.6 Å². The van der Waals surface area contributed by atoms with Crippen LogP contribution in [0.3, 0.4) is 0 Å². The van der Waals surface area contributed by atoms with Gasteiger partial charge in [0.1, 0.15) is 0 Å². The van der Waals surface area contributed by atoms with Crippen molar-refractivity contribution in [3.05, 3.63) is 35.9 Å². The fourth-order valence-electron chi connectivity index (χ4n) is 2.78. The molecule has 1 aromatic rings. The van der Waals surface area contributed by atoms with Crippen LogP contribution in [-0.4, -0.2) is 41.7 Å². The minimum atomic E-state index is 0.0379. The fraction of sp³-hybridized carbons (Fsp3) is 0.562. The molecule has 2 N–H and O–H groups in total. The SMILES string of the molecule is CC(NC(=O)CCN1CCCC1CO)c1ccccc1. The average molecular weight is 276 g/mol. The fourth-order valence-corrected chi connectivity index (χ4v) is 2.78. The van der Waals surface area contributed by atoms with E-state index in [1.165, 1.54) is 0 Å². The maximum absolute atomic E-state index is 12.0. The molecule has 4 nitrogen and oxygen atoms in total. The van der Waals surface area contributed by atoms with Crippen LogP contribution in [0, 0.1) is 0 Å². The monoisotopic (exact) mass is 276 g/mol. The number of rotatable bonds is 6. The number of aliphatic hydroxyl groups is 1. The van der Waals surface area contributed by atoms with Gasteiger partial charge >= 0.3 is 0 Å². The highest BCUT2D eigenvalue weighted by Crippen LogP contribution is 2.17. The van der Waals surface area contributed by atoms with E-state index >= 15 is 0 Å². The van der Waals surface area contributed by atoms with Gasteiger partial charge in [0.15, 0.2) is 0 Å². The lowest BCUT2D eigenvalue weighted by Crippen LogP contribution is -2.36. The molecule has 1 fully saturated rings. The first-order chi connectivity index (χ1) is 9.70. The molecule has 0 radical (unpaired) electrons. The van der Waals surface area contributed by atoms with Crippen molar-refractivity contribution in [3.8, 4) is 0 Å². The van der Waals surface area contributed by atoms with Gasteiger partial charge in [-0.2, -0.15) is 0 Å². The van der Waals surface area contributed by atoms with E-state index in [0.29, 0.717) is 6.42 Å². The molecule has 2 rings (SSSR count). The van der Waals surface area contributed by atoms with Crippen molar-refractivity contribution in [2.24, 2.45) is 0 Å². The second-order valence-corrected chi connectivity index (χ2v) is 5.46. The average Bonchev–Trinajstić information content (AvgIpc) is 2.93. The summed E-state index contributed by atoms with van der Waals surface area (Å²) in [6.07, 6.45) is 2.65. The molecule has 1 amide bonds. The minimum Gasteiger partial charge on any atom is -0.395 e. The molecule has 0 bridgehead atoms. The van der Waals surface area contributed by atoms with Gasteiger partial charge in [-0.05, 0) is 31.9 Å². The number of carbonyl (C=O) groups excluding carboxylic acids is 1. The van der Waals surface area contributed by atoms with Crippen molar-refractivity contribution in [1.29, 1.82) is 0 Å². The summed E-state index contributed by atoms with van der Waals surface area (Å²) >= 11 is 0. The zero-order chi connectivity index (χ0) is 14.4. The second kappa shape index (κ2) is 7.41. The summed E-state index contributed by atoms with van der Waals surface area (Å²) in [7, 11) is 0. The Morgan fingerprint density at radius 3 is 2.90 bits per heavy atom. The van der Waals surface area contributed by atoms with Gasteiger partial charge in [-0.25, -0.2) is 0 Å². The number of likely N-dealkylation sites (tertiary alicyclic amines) is 1. The van der Waals surface area contributed by atoms with Crippen LogP contribution in [0.1, 0.15) is 37.8 Å². The van der Waals surface area contributed by atoms with Gasteiger partial charge in [-0.15, -0.1) is 0 Å². The summed E-state index contributed by atoms with van der Waals surface area (Å²) < 4.78 is 0. The Kier molecular flexibility index (Phi) is 5.56. The number of carbonyl (C=O) groups is 1. The van der Waals surface area contributed by atoms with Crippen LogP contribution in [0.15, 0.2) is 30.3 Å². The Bertz CT molecular complexity index is 422. The van der Waals surface area contributed by atoms with Crippen LogP contribution in [-0.2, 0) is 4.79 Å². The van der Waals surface area contributed by atoms with E-state index < -0.39 is 0 Å². The summed E-state index contributed by atoms with van der Waals surface area (Å²) in [5.74, 6) is 0.0740. The molecule has 20 heavy (non-hydrogen) atoms. The van der Waals surface area contributed by atoms with Crippen LogP contribution in [0.5, 0.6) is 0 Å². The first-order valence-electron chi connectivity index (χ1n) is 7.40. The minimum absolute atomic E-state index is 0.0379. The number of benzene rings is 1. The van der Waals surface area contributed by atoms with Crippen molar-refractivity contribution in [2.75, 3.05) is 19.7 Å². The molecule has 1 saturated heterocycles. The van der Waals surface area contributed by atoms with Crippen LogP contribution in [0.25, 0.3) is 0 Å². The second-order valence-electron chi connectivity index (χ2n) is 5.46. The third kappa shape index (κ3) is 4.05. The summed E-state index contributed by atoms with van der Waals surface area (Å²) in [6.45, 7) is 3.92. The van der Waals surface area contributed by atoms with E-state index in [-0.39, 0.29) is 24.6 Å². The lowest BCUT2D eigenvalue weighted by atomic mass is 10.1. The molecule has 1 heterocycles. The van der Waals surface area contributed by atoms with Gasteiger partial charge in [0, 0.05) is 19.0 Å². The molecule has 1 aliphatic heterocycles. The molecule has 1 aliphatic rings. The molecular formula is C16H24N2O2. The Hall–Kier alpha value is -1.39. The molecule has 4 heteroatoms. The van der Waals surface area contributed by atoms with E-state index in [0.717, 1.165) is 31.5 Å². The molecule has 0 spiro atoms. The topological polar surface area (TPSA) is 52.6 Å². The van der Waals surface area contributed by atoms with Crippen LogP contribution in [0.4, 0.5) is 0 Å². The number of nitrogens with zero attached hydrogens (tertiary/aromatic N) is 1. The summed E-state index contributed by atoms with van der Waals surface area (Å²) in [5.41, 5.74) is 1.12. The standard InChI is InChI=1S/C16H24N2O2/c1-13(14-6-3-2-4-7-14)17-16(20)9-11-18-10-5-8-15(18)12-19/h2-4,6-7,13,15,19H,5,8-12H2,1H3,(H,17,20). The zero-order valence-electron chi connectivity index (χ0n) is 12.1. The number of amides is 1. The number of nitrogens with one attached hydrogen (secondary N) is 1. The van der Waals surface area contributed by atoms with E-state index in [4.69, 9.17) is 0 Å². The molecule has 110 valence electrons. The van der Waals surface area contributed by atoms with Crippen molar-refractivity contribution in [3.63, 3.8) is 0 Å². The Morgan fingerprint density at radius 1 is 1.45 bits per heavy atom. The highest BCUT2D eigenvalue weighted by Gasteiger charge is 2.23. The Morgan fingerprint density at radius 2 is 2.20 bits per heavy atom. The summed E-state index contributed by atoms with van der Waals surface area (Å²) in [4.78, 5) is 14.2. The van der Waals surface area contributed by atoms with E-state index in [2.05, 4.69) is 10.2 Å². The Balaban J connectivity index is 1.75. The lowest BCUT2D eigenvalue weighted by molar-refractivity contribution is -0.122. The number of hydrogen-bond donors (Lipinski definition) is 2. The van der Waals surface area contributed by atoms with Crippen molar-refractivity contribution >= 4 is 5.91 Å². The van der Waals surface area contributed by atoms with Crippen LogP contribution < -0.4 is 5.32 Å². The van der Waals surface area contributed by atoms with Gasteiger partial charge < -0.3 is 10.4 Å². The zero-order valence-corrected chi connectivity index (χ0v) is 12.1. The van der Waals surface area contributed by atoms with E-state index in [1.807, 2.05) is 37.3 Å². The molecule has 0 saturated carbocycles. The van der Waals surface area contributed by atoms with Crippen LogP contribution in [0.2, 0.25) is 0 Å². The Labute approximate surface area is 120 Å². The molecule has 1 aromatic carbocycles. The maximum Gasteiger partial charge on any atom is 0.221 e. The predicted octanol–water partition coefficient (Wildman–Crippen LogP) is 1.71. The van der Waals surface area contributed by atoms with Crippen molar-refractivity contribution < 1.29 is 9.90 Å². The van der Waals surface area contributed by atoms with E-state index in [9.17, 15) is 9.90 Å². The highest BCUT2D eigenvalue weighted by atomic mass is 16.3. The molecular weight excluding hydrogens is 252 g/mol. The number of hydrogen-bond acceptors (Lipinski definition) is 3. The normalized spacial score (nSPS) is 20.8. The third-order valence-electron chi connectivity index (χ3n) is 4.01. The summed E-state index contributed by atoms with van der Waals surface area (Å²) in [5, 5.41) is 12.3. The van der Waals surface area contributed by atoms with Gasteiger partial charge in [0.2, 0.25) is 5.91 Å². The van der Waals surface area contributed by atoms with Gasteiger partial charge in [0.25, 0.3) is 0 Å². The van der Waals surface area contributed by atoms with Crippen LogP contribution >= 0.6 is 0 Å². The van der Waals surface area contributed by atoms with Crippen molar-refractivity contribution in [2.45, 2.75) is 38.3 Å². The molecule has 0 aromatic heterocycles. The molecule has 2 unspecified atom stereocenters. The molecule has 2 atom stereocenters. The smallest absolute Gasteiger partial charge is 0.221 e. The van der Waals surface area contributed by atoms with Gasteiger partial charge in [-0.3, -0.25) is 9.69 Å². The quantitative estimate of drug-likeness (QED) is 0.831.